The second-order valence-corrected chi connectivity index (χ2v) is 5.70. The van der Waals surface area contributed by atoms with Gasteiger partial charge in [0, 0.05) is 15.9 Å². The lowest BCUT2D eigenvalue weighted by Gasteiger charge is -2.13. The summed E-state index contributed by atoms with van der Waals surface area (Å²) in [7, 11) is 0. The highest BCUT2D eigenvalue weighted by molar-refractivity contribution is 9.10. The molecule has 1 N–H and O–H groups in total. The summed E-state index contributed by atoms with van der Waals surface area (Å²) in [5.74, 6) is 0. The average molecular weight is 326 g/mol. The van der Waals surface area contributed by atoms with Crippen molar-refractivity contribution in [2.45, 2.75) is 19.4 Å². The Kier molecular flexibility index (Phi) is 4.44. The van der Waals surface area contributed by atoms with E-state index >= 15 is 0 Å². The zero-order valence-corrected chi connectivity index (χ0v) is 12.4. The summed E-state index contributed by atoms with van der Waals surface area (Å²) in [6.07, 6.45) is 0.0560. The third kappa shape index (κ3) is 3.35. The lowest BCUT2D eigenvalue weighted by molar-refractivity contribution is 0.178. The molecule has 2 rings (SSSR count). The Morgan fingerprint density at radius 2 is 1.94 bits per heavy atom. The summed E-state index contributed by atoms with van der Waals surface area (Å²) in [6, 6.07) is 13.6. The second-order valence-electron chi connectivity index (χ2n) is 4.35. The number of aliphatic hydroxyl groups is 1. The minimum atomic E-state index is -0.541. The highest BCUT2D eigenvalue weighted by Crippen LogP contribution is 2.26. The topological polar surface area (TPSA) is 20.2 Å². The number of hydrogen-bond donors (Lipinski definition) is 1. The van der Waals surface area contributed by atoms with Gasteiger partial charge in [0.1, 0.15) is 0 Å². The van der Waals surface area contributed by atoms with E-state index in [2.05, 4.69) is 28.9 Å². The predicted octanol–water partition coefficient (Wildman–Crippen LogP) is 4.69. The molecule has 0 saturated carbocycles. The van der Waals surface area contributed by atoms with Crippen LogP contribution in [0, 0.1) is 6.92 Å². The maximum Gasteiger partial charge on any atom is 0.0831 e. The van der Waals surface area contributed by atoms with E-state index < -0.39 is 6.10 Å². The molecule has 0 aliphatic carbocycles. The van der Waals surface area contributed by atoms with Gasteiger partial charge in [-0.2, -0.15) is 0 Å². The molecule has 0 saturated heterocycles. The van der Waals surface area contributed by atoms with Crippen LogP contribution in [0.5, 0.6) is 0 Å². The fourth-order valence-corrected chi connectivity index (χ4v) is 2.82. The maximum atomic E-state index is 10.3. The van der Waals surface area contributed by atoms with E-state index in [1.807, 2.05) is 30.3 Å². The molecule has 1 unspecified atom stereocenters. The maximum absolute atomic E-state index is 10.3. The van der Waals surface area contributed by atoms with Crippen molar-refractivity contribution in [3.05, 3.63) is 68.7 Å². The van der Waals surface area contributed by atoms with Gasteiger partial charge < -0.3 is 5.11 Å². The first-order valence-corrected chi connectivity index (χ1v) is 6.92. The monoisotopic (exact) mass is 324 g/mol. The van der Waals surface area contributed by atoms with Crippen LogP contribution < -0.4 is 0 Å². The van der Waals surface area contributed by atoms with Crippen LogP contribution in [0.3, 0.4) is 0 Å². The number of hydrogen-bond acceptors (Lipinski definition) is 1. The summed E-state index contributed by atoms with van der Waals surface area (Å²) >= 11 is 9.37. The van der Waals surface area contributed by atoms with E-state index in [4.69, 9.17) is 11.6 Å². The van der Waals surface area contributed by atoms with Crippen molar-refractivity contribution in [1.82, 2.24) is 0 Å². The first-order valence-electron chi connectivity index (χ1n) is 5.75. The van der Waals surface area contributed by atoms with E-state index in [0.29, 0.717) is 11.4 Å². The third-order valence-electron chi connectivity index (χ3n) is 2.94. The molecule has 0 bridgehead atoms. The number of halogens is 2. The molecule has 2 aromatic rings. The molecule has 3 heteroatoms. The molecule has 0 aromatic heterocycles. The second kappa shape index (κ2) is 5.87. The first-order chi connectivity index (χ1) is 8.56. The van der Waals surface area contributed by atoms with Crippen LogP contribution >= 0.6 is 27.5 Å². The minimum Gasteiger partial charge on any atom is -0.388 e. The van der Waals surface area contributed by atoms with Crippen LogP contribution in [0.2, 0.25) is 5.02 Å². The lowest BCUT2D eigenvalue weighted by Crippen LogP contribution is -2.03. The standard InChI is InChI=1S/C15H14BrClO/c1-10-4-2-3-5-11(10)8-15(18)12-6-13(16)9-14(17)7-12/h2-7,9,15,18H,8H2,1H3. The van der Waals surface area contributed by atoms with Crippen LogP contribution in [0.1, 0.15) is 22.8 Å². The molecule has 1 atom stereocenters. The molecule has 0 radical (unpaired) electrons. The fourth-order valence-electron chi connectivity index (χ4n) is 1.93. The fraction of sp³-hybridized carbons (Fsp3) is 0.200. The average Bonchev–Trinajstić information content (AvgIpc) is 2.31. The molecule has 2 aromatic carbocycles. The highest BCUT2D eigenvalue weighted by Gasteiger charge is 2.11. The zero-order chi connectivity index (χ0) is 13.1. The van der Waals surface area contributed by atoms with Gasteiger partial charge in [0.15, 0.2) is 0 Å². The molecule has 0 spiro atoms. The van der Waals surface area contributed by atoms with Crippen molar-refractivity contribution in [2.24, 2.45) is 0 Å². The Morgan fingerprint density at radius 3 is 2.61 bits per heavy atom. The van der Waals surface area contributed by atoms with Crippen molar-refractivity contribution in [1.29, 1.82) is 0 Å². The van der Waals surface area contributed by atoms with Gasteiger partial charge in [-0.05, 0) is 41.8 Å². The molecular weight excluding hydrogens is 312 g/mol. The van der Waals surface area contributed by atoms with Gasteiger partial charge in [0.25, 0.3) is 0 Å². The van der Waals surface area contributed by atoms with Crippen molar-refractivity contribution in [3.63, 3.8) is 0 Å². The van der Waals surface area contributed by atoms with Crippen molar-refractivity contribution in [2.75, 3.05) is 0 Å². The highest BCUT2D eigenvalue weighted by atomic mass is 79.9. The Balaban J connectivity index is 2.22. The van der Waals surface area contributed by atoms with Gasteiger partial charge in [-0.25, -0.2) is 0 Å². The summed E-state index contributed by atoms with van der Waals surface area (Å²) in [6.45, 7) is 2.05. The van der Waals surface area contributed by atoms with E-state index in [-0.39, 0.29) is 0 Å². The molecule has 0 amide bonds. The summed E-state index contributed by atoms with van der Waals surface area (Å²) < 4.78 is 0.883. The van der Waals surface area contributed by atoms with Gasteiger partial charge in [-0.15, -0.1) is 0 Å². The lowest BCUT2D eigenvalue weighted by atomic mass is 9.98. The Hall–Kier alpha value is -0.830. The smallest absolute Gasteiger partial charge is 0.0831 e. The zero-order valence-electron chi connectivity index (χ0n) is 10.0. The number of benzene rings is 2. The van der Waals surface area contributed by atoms with Gasteiger partial charge in [-0.1, -0.05) is 51.8 Å². The van der Waals surface area contributed by atoms with Gasteiger partial charge in [0.2, 0.25) is 0 Å². The van der Waals surface area contributed by atoms with Gasteiger partial charge >= 0.3 is 0 Å². The number of aryl methyl sites for hydroxylation is 1. The summed E-state index contributed by atoms with van der Waals surface area (Å²) in [4.78, 5) is 0. The van der Waals surface area contributed by atoms with Crippen LogP contribution in [0.15, 0.2) is 46.9 Å². The van der Waals surface area contributed by atoms with E-state index in [9.17, 15) is 5.11 Å². The number of aliphatic hydroxyl groups excluding tert-OH is 1. The molecule has 0 aliphatic rings. The Bertz CT molecular complexity index is 534. The van der Waals surface area contributed by atoms with Crippen LogP contribution in [-0.4, -0.2) is 5.11 Å². The van der Waals surface area contributed by atoms with Crippen LogP contribution in [0.4, 0.5) is 0 Å². The third-order valence-corrected chi connectivity index (χ3v) is 3.62. The van der Waals surface area contributed by atoms with E-state index in [1.165, 1.54) is 5.56 Å². The van der Waals surface area contributed by atoms with Gasteiger partial charge in [-0.3, -0.25) is 0 Å². The molecular formula is C15H14BrClO. The van der Waals surface area contributed by atoms with Gasteiger partial charge in [0.05, 0.1) is 6.10 Å². The largest absolute Gasteiger partial charge is 0.388 e. The molecule has 0 heterocycles. The molecule has 18 heavy (non-hydrogen) atoms. The van der Waals surface area contributed by atoms with Crippen molar-refractivity contribution in [3.8, 4) is 0 Å². The summed E-state index contributed by atoms with van der Waals surface area (Å²) in [5.41, 5.74) is 3.18. The minimum absolute atomic E-state index is 0.541. The Morgan fingerprint density at radius 1 is 1.22 bits per heavy atom. The molecule has 0 fully saturated rings. The van der Waals surface area contributed by atoms with E-state index in [1.54, 1.807) is 6.07 Å². The SMILES string of the molecule is Cc1ccccc1CC(O)c1cc(Cl)cc(Br)c1. The van der Waals surface area contributed by atoms with Crippen LogP contribution in [-0.2, 0) is 6.42 Å². The quantitative estimate of drug-likeness (QED) is 0.868. The molecule has 1 nitrogen and oxygen atoms in total. The Labute approximate surface area is 121 Å². The molecule has 94 valence electrons. The molecule has 0 aliphatic heterocycles. The first kappa shape index (κ1) is 13.6. The predicted molar refractivity (Wildman–Crippen MR) is 79.0 cm³/mol. The van der Waals surface area contributed by atoms with E-state index in [0.717, 1.165) is 15.6 Å². The summed E-state index contributed by atoms with van der Waals surface area (Å²) in [5, 5.41) is 10.9. The van der Waals surface area contributed by atoms with Crippen molar-refractivity contribution >= 4 is 27.5 Å². The number of rotatable bonds is 3. The van der Waals surface area contributed by atoms with Crippen molar-refractivity contribution < 1.29 is 5.11 Å². The normalized spacial score (nSPS) is 12.4. The van der Waals surface area contributed by atoms with Crippen LogP contribution in [0.25, 0.3) is 0 Å².